The van der Waals surface area contributed by atoms with Crippen LogP contribution in [0.4, 0.5) is 10.5 Å². The zero-order valence-corrected chi connectivity index (χ0v) is 15.0. The largest absolute Gasteiger partial charge is 0.486 e. The van der Waals surface area contributed by atoms with Crippen LogP contribution >= 0.6 is 11.6 Å². The number of nitrogens with one attached hydrogen (secondary N) is 1. The van der Waals surface area contributed by atoms with Gasteiger partial charge < -0.3 is 15.0 Å². The van der Waals surface area contributed by atoms with Crippen LogP contribution in [0.15, 0.2) is 48.5 Å². The standard InChI is InChI=1S/C20H19ClN2O3/c21-14-4-3-5-15(12-14)22-19(25)23-10-8-20(9-11-23)13-17(24)16-6-1-2-7-18(16)26-20/h1-7,12H,8-11,13H2,(H,22,25). The molecule has 1 spiro atoms. The van der Waals surface area contributed by atoms with Gasteiger partial charge in [0.15, 0.2) is 5.78 Å². The zero-order chi connectivity index (χ0) is 18.1. The molecule has 134 valence electrons. The summed E-state index contributed by atoms with van der Waals surface area (Å²) in [5, 5.41) is 3.44. The monoisotopic (exact) mass is 370 g/mol. The number of rotatable bonds is 1. The van der Waals surface area contributed by atoms with Crippen molar-refractivity contribution >= 4 is 29.1 Å². The van der Waals surface area contributed by atoms with Gasteiger partial charge in [0.2, 0.25) is 0 Å². The van der Waals surface area contributed by atoms with E-state index in [9.17, 15) is 9.59 Å². The van der Waals surface area contributed by atoms with Crippen molar-refractivity contribution < 1.29 is 14.3 Å². The van der Waals surface area contributed by atoms with E-state index in [-0.39, 0.29) is 11.8 Å². The summed E-state index contributed by atoms with van der Waals surface area (Å²) >= 11 is 5.95. The van der Waals surface area contributed by atoms with Gasteiger partial charge in [0.05, 0.1) is 12.0 Å². The molecule has 2 aromatic rings. The number of amides is 2. The van der Waals surface area contributed by atoms with Crippen LogP contribution in [0.25, 0.3) is 0 Å². The van der Waals surface area contributed by atoms with E-state index >= 15 is 0 Å². The smallest absolute Gasteiger partial charge is 0.321 e. The number of ketones is 1. The van der Waals surface area contributed by atoms with Crippen LogP contribution in [-0.2, 0) is 0 Å². The van der Waals surface area contributed by atoms with Crippen molar-refractivity contribution in [2.75, 3.05) is 18.4 Å². The third kappa shape index (κ3) is 3.27. The molecule has 0 unspecified atom stereocenters. The molecule has 0 radical (unpaired) electrons. The van der Waals surface area contributed by atoms with Gasteiger partial charge >= 0.3 is 6.03 Å². The molecule has 0 bridgehead atoms. The van der Waals surface area contributed by atoms with E-state index in [0.717, 1.165) is 0 Å². The molecule has 1 fully saturated rings. The molecule has 6 heteroatoms. The highest BCUT2D eigenvalue weighted by Crippen LogP contribution is 2.39. The van der Waals surface area contributed by atoms with Gasteiger partial charge in [-0.2, -0.15) is 0 Å². The van der Waals surface area contributed by atoms with Gasteiger partial charge in [-0.25, -0.2) is 4.79 Å². The molecule has 1 N–H and O–H groups in total. The molecular formula is C20H19ClN2O3. The van der Waals surface area contributed by atoms with E-state index in [1.165, 1.54) is 0 Å². The van der Waals surface area contributed by atoms with Gasteiger partial charge in [-0.15, -0.1) is 0 Å². The quantitative estimate of drug-likeness (QED) is 0.810. The molecule has 2 aliphatic rings. The highest BCUT2D eigenvalue weighted by atomic mass is 35.5. The van der Waals surface area contributed by atoms with Gasteiger partial charge in [-0.05, 0) is 30.3 Å². The van der Waals surface area contributed by atoms with Crippen LogP contribution in [0, 0.1) is 0 Å². The maximum atomic E-state index is 12.5. The Morgan fingerprint density at radius 3 is 2.65 bits per heavy atom. The van der Waals surface area contributed by atoms with Gasteiger partial charge in [0.1, 0.15) is 11.4 Å². The van der Waals surface area contributed by atoms with E-state index in [0.29, 0.717) is 54.4 Å². The molecule has 2 aromatic carbocycles. The Kier molecular flexibility index (Phi) is 4.32. The van der Waals surface area contributed by atoms with Crippen molar-refractivity contribution in [3.8, 4) is 5.75 Å². The number of likely N-dealkylation sites (tertiary alicyclic amines) is 1. The van der Waals surface area contributed by atoms with Gasteiger partial charge in [-0.3, -0.25) is 4.79 Å². The second-order valence-corrected chi connectivity index (χ2v) is 7.25. The molecule has 1 saturated heterocycles. The first kappa shape index (κ1) is 16.9. The zero-order valence-electron chi connectivity index (χ0n) is 14.2. The summed E-state index contributed by atoms with van der Waals surface area (Å²) in [4.78, 5) is 26.7. The molecule has 4 rings (SSSR count). The number of hydrogen-bond donors (Lipinski definition) is 1. The predicted octanol–water partition coefficient (Wildman–Crippen LogP) is 4.37. The lowest BCUT2D eigenvalue weighted by molar-refractivity contribution is 0.000391. The summed E-state index contributed by atoms with van der Waals surface area (Å²) in [6, 6.07) is 14.3. The highest BCUT2D eigenvalue weighted by Gasteiger charge is 2.43. The lowest BCUT2D eigenvalue weighted by atomic mass is 9.82. The van der Waals surface area contributed by atoms with Crippen molar-refractivity contribution in [2.45, 2.75) is 24.9 Å². The number of ether oxygens (including phenoxy) is 1. The first-order valence-corrected chi connectivity index (χ1v) is 9.05. The fourth-order valence-electron chi connectivity index (χ4n) is 3.61. The van der Waals surface area contributed by atoms with E-state index in [1.807, 2.05) is 18.2 Å². The second kappa shape index (κ2) is 6.65. The summed E-state index contributed by atoms with van der Waals surface area (Å²) in [7, 11) is 0. The minimum atomic E-state index is -0.502. The first-order chi connectivity index (χ1) is 12.5. The van der Waals surface area contributed by atoms with Gasteiger partial charge in [-0.1, -0.05) is 29.8 Å². The Labute approximate surface area is 156 Å². The first-order valence-electron chi connectivity index (χ1n) is 8.67. The summed E-state index contributed by atoms with van der Waals surface area (Å²) in [6.07, 6.45) is 1.64. The van der Waals surface area contributed by atoms with E-state index in [2.05, 4.69) is 5.32 Å². The Balaban J connectivity index is 1.41. The highest BCUT2D eigenvalue weighted by molar-refractivity contribution is 6.30. The Bertz CT molecular complexity index is 860. The Hall–Kier alpha value is -2.53. The lowest BCUT2D eigenvalue weighted by Gasteiger charge is -2.43. The number of nitrogens with zero attached hydrogens (tertiary/aromatic N) is 1. The minimum absolute atomic E-state index is 0.115. The molecule has 0 aliphatic carbocycles. The lowest BCUT2D eigenvalue weighted by Crippen LogP contribution is -2.53. The van der Waals surface area contributed by atoms with Gasteiger partial charge in [0.25, 0.3) is 0 Å². The number of piperidine rings is 1. The van der Waals surface area contributed by atoms with Crippen molar-refractivity contribution in [3.63, 3.8) is 0 Å². The fraction of sp³-hybridized carbons (Fsp3) is 0.300. The number of hydrogen-bond acceptors (Lipinski definition) is 3. The molecule has 2 aliphatic heterocycles. The number of Topliss-reactive ketones (excluding diaryl/α,β-unsaturated/α-hetero) is 1. The number of carbonyl (C=O) groups is 2. The third-order valence-corrected chi connectivity index (χ3v) is 5.27. The van der Waals surface area contributed by atoms with Crippen LogP contribution in [0.1, 0.15) is 29.6 Å². The maximum absolute atomic E-state index is 12.5. The van der Waals surface area contributed by atoms with Crippen LogP contribution in [0.5, 0.6) is 5.75 Å². The summed E-state index contributed by atoms with van der Waals surface area (Å²) in [6.45, 7) is 1.09. The van der Waals surface area contributed by atoms with E-state index in [1.54, 1.807) is 35.2 Å². The predicted molar refractivity (Wildman–Crippen MR) is 100 cm³/mol. The van der Waals surface area contributed by atoms with Gasteiger partial charge in [0, 0.05) is 36.6 Å². The molecule has 0 aromatic heterocycles. The normalized spacial score (nSPS) is 18.2. The molecule has 0 atom stereocenters. The molecule has 2 heterocycles. The minimum Gasteiger partial charge on any atom is -0.486 e. The average molecular weight is 371 g/mol. The summed E-state index contributed by atoms with van der Waals surface area (Å²) < 4.78 is 6.20. The molecule has 26 heavy (non-hydrogen) atoms. The molecule has 0 saturated carbocycles. The summed E-state index contributed by atoms with van der Waals surface area (Å²) in [5.41, 5.74) is 0.818. The maximum Gasteiger partial charge on any atom is 0.321 e. The van der Waals surface area contributed by atoms with E-state index in [4.69, 9.17) is 16.3 Å². The number of carbonyl (C=O) groups excluding carboxylic acids is 2. The average Bonchev–Trinajstić information content (AvgIpc) is 2.62. The van der Waals surface area contributed by atoms with Crippen molar-refractivity contribution in [2.24, 2.45) is 0 Å². The number of fused-ring (bicyclic) bond motifs is 1. The van der Waals surface area contributed by atoms with E-state index < -0.39 is 5.60 Å². The topological polar surface area (TPSA) is 58.6 Å². The SMILES string of the molecule is O=C1CC2(CCN(C(=O)Nc3cccc(Cl)c3)CC2)Oc2ccccc21. The second-order valence-electron chi connectivity index (χ2n) is 6.81. The summed E-state index contributed by atoms with van der Waals surface area (Å²) in [5.74, 6) is 0.768. The molecule has 2 amide bonds. The fourth-order valence-corrected chi connectivity index (χ4v) is 3.80. The number of halogens is 1. The number of benzene rings is 2. The van der Waals surface area contributed by atoms with Crippen LogP contribution in [0.2, 0.25) is 5.02 Å². The third-order valence-electron chi connectivity index (χ3n) is 5.03. The number of anilines is 1. The van der Waals surface area contributed by atoms with Crippen molar-refractivity contribution in [3.05, 3.63) is 59.1 Å². The molecular weight excluding hydrogens is 352 g/mol. The Morgan fingerprint density at radius 2 is 1.88 bits per heavy atom. The molecule has 5 nitrogen and oxygen atoms in total. The van der Waals surface area contributed by atoms with Crippen LogP contribution in [0.3, 0.4) is 0 Å². The van der Waals surface area contributed by atoms with Crippen molar-refractivity contribution in [1.82, 2.24) is 4.90 Å². The number of para-hydroxylation sites is 1. The van der Waals surface area contributed by atoms with Crippen molar-refractivity contribution in [1.29, 1.82) is 0 Å². The van der Waals surface area contributed by atoms with Crippen LogP contribution in [-0.4, -0.2) is 35.4 Å². The van der Waals surface area contributed by atoms with Crippen LogP contribution < -0.4 is 10.1 Å². The Morgan fingerprint density at radius 1 is 1.12 bits per heavy atom. The number of urea groups is 1.